The van der Waals surface area contributed by atoms with Crippen molar-refractivity contribution >= 4 is 33.0 Å². The Bertz CT molecular complexity index is 664. The van der Waals surface area contributed by atoms with Crippen molar-refractivity contribution in [2.45, 2.75) is 0 Å². The molecule has 0 fully saturated rings. The minimum absolute atomic E-state index is 0.0682. The fourth-order valence-electron chi connectivity index (χ4n) is 1.42. The summed E-state index contributed by atoms with van der Waals surface area (Å²) < 4.78 is 18.8. The summed E-state index contributed by atoms with van der Waals surface area (Å²) in [7, 11) is 0. The molecule has 0 amide bonds. The molecule has 6 heteroatoms. The van der Waals surface area contributed by atoms with Crippen molar-refractivity contribution in [1.82, 2.24) is 10.1 Å². The van der Waals surface area contributed by atoms with E-state index in [1.807, 2.05) is 6.07 Å². The van der Waals surface area contributed by atoms with Gasteiger partial charge in [0.1, 0.15) is 5.82 Å². The van der Waals surface area contributed by atoms with Gasteiger partial charge in [-0.3, -0.25) is 0 Å². The molecule has 0 aliphatic rings. The van der Waals surface area contributed by atoms with Gasteiger partial charge in [-0.15, -0.1) is 11.3 Å². The van der Waals surface area contributed by atoms with E-state index in [1.54, 1.807) is 6.07 Å². The van der Waals surface area contributed by atoms with Gasteiger partial charge < -0.3 is 4.52 Å². The van der Waals surface area contributed by atoms with Gasteiger partial charge in [-0.05, 0) is 40.3 Å². The van der Waals surface area contributed by atoms with Crippen LogP contribution < -0.4 is 0 Å². The van der Waals surface area contributed by atoms with Gasteiger partial charge >= 0.3 is 0 Å². The maximum absolute atomic E-state index is 13.0. The molecule has 80 valence electrons. The quantitative estimate of drug-likeness (QED) is 0.664. The zero-order chi connectivity index (χ0) is 11.1. The van der Waals surface area contributed by atoms with Gasteiger partial charge in [0.2, 0.25) is 0 Å². The van der Waals surface area contributed by atoms with Gasteiger partial charge in [0.15, 0.2) is 0 Å². The van der Waals surface area contributed by atoms with E-state index in [2.05, 4.69) is 10.1 Å². The molecule has 3 nitrogen and oxygen atoms in total. The Balaban J connectivity index is 2.18. The van der Waals surface area contributed by atoms with Crippen LogP contribution in [-0.4, -0.2) is 10.1 Å². The predicted octanol–water partition coefficient (Wildman–Crippen LogP) is 3.74. The van der Waals surface area contributed by atoms with Crippen molar-refractivity contribution in [3.63, 3.8) is 0 Å². The van der Waals surface area contributed by atoms with E-state index in [0.29, 0.717) is 5.89 Å². The highest BCUT2D eigenvalue weighted by molar-refractivity contribution is 7.22. The fourth-order valence-corrected chi connectivity index (χ4v) is 2.54. The number of hydrogen-bond donors (Lipinski definition) is 0. The van der Waals surface area contributed by atoms with E-state index in [0.717, 1.165) is 15.0 Å². The number of rotatable bonds is 1. The second-order valence-electron chi connectivity index (χ2n) is 3.16. The first-order valence-electron chi connectivity index (χ1n) is 4.41. The summed E-state index contributed by atoms with van der Waals surface area (Å²) in [6, 6.07) is 6.47. The Labute approximate surface area is 98.5 Å². The van der Waals surface area contributed by atoms with Crippen molar-refractivity contribution in [3.05, 3.63) is 35.4 Å². The van der Waals surface area contributed by atoms with E-state index < -0.39 is 0 Å². The second kappa shape index (κ2) is 3.54. The molecular formula is C10H4ClFN2OS. The largest absolute Gasteiger partial charge is 0.332 e. The molecule has 1 aromatic carbocycles. The fraction of sp³-hybridized carbons (Fsp3) is 0. The minimum Gasteiger partial charge on any atom is -0.332 e. The summed E-state index contributed by atoms with van der Waals surface area (Å²) in [6.07, 6.45) is 0. The van der Waals surface area contributed by atoms with Crippen molar-refractivity contribution in [1.29, 1.82) is 0 Å². The average molecular weight is 255 g/mol. The highest BCUT2D eigenvalue weighted by atomic mass is 35.5. The third-order valence-corrected chi connectivity index (χ3v) is 3.33. The monoisotopic (exact) mass is 254 g/mol. The van der Waals surface area contributed by atoms with Gasteiger partial charge in [0, 0.05) is 4.70 Å². The molecule has 0 aliphatic heterocycles. The summed E-state index contributed by atoms with van der Waals surface area (Å²) in [4.78, 5) is 4.68. The standard InChI is InChI=1S/C10H4ClFN2OS/c11-10-13-9(15-14-10)8-3-5-1-2-6(12)4-7(5)16-8/h1-4H. The maximum Gasteiger partial charge on any atom is 0.269 e. The first-order valence-corrected chi connectivity index (χ1v) is 5.60. The van der Waals surface area contributed by atoms with Gasteiger partial charge in [0.25, 0.3) is 11.2 Å². The van der Waals surface area contributed by atoms with Gasteiger partial charge in [-0.25, -0.2) is 4.39 Å². The molecule has 0 unspecified atom stereocenters. The SMILES string of the molecule is Fc1ccc2cc(-c3nc(Cl)no3)sc2c1. The third-order valence-electron chi connectivity index (χ3n) is 2.09. The summed E-state index contributed by atoms with van der Waals surface area (Å²) in [5, 5.41) is 4.50. The summed E-state index contributed by atoms with van der Waals surface area (Å²) >= 11 is 6.95. The predicted molar refractivity (Wildman–Crippen MR) is 60.1 cm³/mol. The molecular weight excluding hydrogens is 251 g/mol. The first-order chi connectivity index (χ1) is 7.72. The molecule has 0 aliphatic carbocycles. The Kier molecular flexibility index (Phi) is 2.15. The van der Waals surface area contributed by atoms with Gasteiger partial charge in [-0.1, -0.05) is 6.07 Å². The van der Waals surface area contributed by atoms with Gasteiger partial charge in [-0.2, -0.15) is 4.98 Å². The van der Waals surface area contributed by atoms with E-state index in [1.165, 1.54) is 23.5 Å². The van der Waals surface area contributed by atoms with E-state index >= 15 is 0 Å². The van der Waals surface area contributed by atoms with Crippen LogP contribution in [0.2, 0.25) is 5.28 Å². The molecule has 3 aromatic rings. The lowest BCUT2D eigenvalue weighted by atomic mass is 10.2. The van der Waals surface area contributed by atoms with E-state index in [9.17, 15) is 4.39 Å². The van der Waals surface area contributed by atoms with E-state index in [4.69, 9.17) is 16.1 Å². The smallest absolute Gasteiger partial charge is 0.269 e. The van der Waals surface area contributed by atoms with Crippen LogP contribution in [0, 0.1) is 5.82 Å². The topological polar surface area (TPSA) is 38.9 Å². The summed E-state index contributed by atoms with van der Waals surface area (Å²) in [6.45, 7) is 0. The number of hydrogen-bond acceptors (Lipinski definition) is 4. The van der Waals surface area contributed by atoms with Crippen molar-refractivity contribution in [3.8, 4) is 10.8 Å². The summed E-state index contributed by atoms with van der Waals surface area (Å²) in [5.41, 5.74) is 0. The Hall–Kier alpha value is -1.46. The molecule has 0 atom stereocenters. The molecule has 2 aromatic heterocycles. The number of thiophene rings is 1. The number of benzene rings is 1. The van der Waals surface area contributed by atoms with E-state index in [-0.39, 0.29) is 11.1 Å². The van der Waals surface area contributed by atoms with Gasteiger partial charge in [0.05, 0.1) is 4.88 Å². The second-order valence-corrected chi connectivity index (χ2v) is 4.58. The van der Waals surface area contributed by atoms with Crippen LogP contribution in [0.15, 0.2) is 28.8 Å². The third kappa shape index (κ3) is 1.58. The number of nitrogens with zero attached hydrogens (tertiary/aromatic N) is 2. The van der Waals surface area contributed by atoms with Crippen molar-refractivity contribution in [2.75, 3.05) is 0 Å². The molecule has 3 rings (SSSR count). The van der Waals surface area contributed by atoms with Crippen LogP contribution in [0.25, 0.3) is 20.9 Å². The Morgan fingerprint density at radius 1 is 1.31 bits per heavy atom. The molecule has 0 spiro atoms. The number of fused-ring (bicyclic) bond motifs is 1. The number of halogens is 2. The lowest BCUT2D eigenvalue weighted by Crippen LogP contribution is -1.68. The highest BCUT2D eigenvalue weighted by Crippen LogP contribution is 2.33. The van der Waals surface area contributed by atoms with Crippen LogP contribution in [-0.2, 0) is 0 Å². The van der Waals surface area contributed by atoms with Crippen LogP contribution in [0.1, 0.15) is 0 Å². The Morgan fingerprint density at radius 2 is 2.19 bits per heavy atom. The van der Waals surface area contributed by atoms with Crippen LogP contribution in [0.3, 0.4) is 0 Å². The Morgan fingerprint density at radius 3 is 2.94 bits per heavy atom. The highest BCUT2D eigenvalue weighted by Gasteiger charge is 2.11. The van der Waals surface area contributed by atoms with Crippen LogP contribution >= 0.6 is 22.9 Å². The van der Waals surface area contributed by atoms with Crippen molar-refractivity contribution in [2.24, 2.45) is 0 Å². The number of aromatic nitrogens is 2. The van der Waals surface area contributed by atoms with Crippen LogP contribution in [0.5, 0.6) is 0 Å². The lowest BCUT2D eigenvalue weighted by Gasteiger charge is -1.86. The normalized spacial score (nSPS) is 11.1. The summed E-state index contributed by atoms with van der Waals surface area (Å²) in [5.74, 6) is 0.0936. The lowest BCUT2D eigenvalue weighted by molar-refractivity contribution is 0.431. The molecule has 0 saturated carbocycles. The molecule has 0 radical (unpaired) electrons. The molecule has 0 N–H and O–H groups in total. The molecule has 0 saturated heterocycles. The zero-order valence-electron chi connectivity index (χ0n) is 7.78. The van der Waals surface area contributed by atoms with Crippen molar-refractivity contribution < 1.29 is 8.91 Å². The molecule has 16 heavy (non-hydrogen) atoms. The molecule has 0 bridgehead atoms. The zero-order valence-corrected chi connectivity index (χ0v) is 9.35. The average Bonchev–Trinajstić information content (AvgIpc) is 2.83. The van der Waals surface area contributed by atoms with Crippen LogP contribution in [0.4, 0.5) is 4.39 Å². The maximum atomic E-state index is 13.0. The molecule has 2 heterocycles. The minimum atomic E-state index is -0.260. The first kappa shape index (κ1) is 9.74.